The number of para-hydroxylation sites is 1. The van der Waals surface area contributed by atoms with Gasteiger partial charge in [0.25, 0.3) is 11.6 Å². The van der Waals surface area contributed by atoms with Gasteiger partial charge in [0.1, 0.15) is 11.7 Å². The van der Waals surface area contributed by atoms with Crippen molar-refractivity contribution in [1.29, 1.82) is 0 Å². The van der Waals surface area contributed by atoms with Gasteiger partial charge in [0.15, 0.2) is 6.10 Å². The van der Waals surface area contributed by atoms with Crippen molar-refractivity contribution in [2.75, 3.05) is 17.1 Å². The first-order valence-electron chi connectivity index (χ1n) is 10.3. The van der Waals surface area contributed by atoms with Gasteiger partial charge in [0.05, 0.1) is 29.4 Å². The predicted octanol–water partition coefficient (Wildman–Crippen LogP) is 3.65. The van der Waals surface area contributed by atoms with Crippen LogP contribution in [0.1, 0.15) is 11.6 Å². The molecule has 2 fully saturated rings. The number of nitrogens with zero attached hydrogens (tertiary/aromatic N) is 3. The number of fused-ring (bicyclic) bond motifs is 1. The summed E-state index contributed by atoms with van der Waals surface area (Å²) >= 11 is 0. The highest BCUT2D eigenvalue weighted by molar-refractivity contribution is 6.24. The van der Waals surface area contributed by atoms with E-state index in [0.29, 0.717) is 11.4 Å². The molecule has 3 atom stereocenters. The number of non-ortho nitro benzene ring substituents is 1. The lowest BCUT2D eigenvalue weighted by molar-refractivity contribution is -0.384. The summed E-state index contributed by atoms with van der Waals surface area (Å²) in [5.74, 6) is -1.12. The molecular formula is C24H19N3O6. The zero-order valence-corrected chi connectivity index (χ0v) is 17.5. The molecule has 166 valence electrons. The van der Waals surface area contributed by atoms with E-state index >= 15 is 0 Å². The first kappa shape index (κ1) is 20.7. The predicted molar refractivity (Wildman–Crippen MR) is 119 cm³/mol. The number of carbonyl (C=O) groups is 2. The Balaban J connectivity index is 1.56. The minimum atomic E-state index is -1.02. The monoisotopic (exact) mass is 445 g/mol. The van der Waals surface area contributed by atoms with Crippen LogP contribution in [0.25, 0.3) is 0 Å². The lowest BCUT2D eigenvalue weighted by atomic mass is 9.90. The Bertz CT molecular complexity index is 1230. The van der Waals surface area contributed by atoms with Gasteiger partial charge in [-0.25, -0.2) is 9.96 Å². The molecule has 2 saturated heterocycles. The molecule has 0 spiro atoms. The standard InChI is InChI=1S/C24H19N3O6/c1-32-19-9-5-6-15(14-19)21-20-22(33-26(21)17-7-3-2-4-8-17)24(29)25(23(20)28)16-10-12-18(13-11-16)27(30)31/h2-14,20-22H,1H3/t20-,21-,22-/m1/s1. The van der Waals surface area contributed by atoms with Gasteiger partial charge in [-0.15, -0.1) is 0 Å². The van der Waals surface area contributed by atoms with Crippen LogP contribution >= 0.6 is 0 Å². The molecule has 0 bridgehead atoms. The third-order valence-corrected chi connectivity index (χ3v) is 5.88. The lowest BCUT2D eigenvalue weighted by Gasteiger charge is -2.29. The number of hydroxylamine groups is 1. The Morgan fingerprint density at radius 2 is 1.64 bits per heavy atom. The maximum atomic E-state index is 13.6. The molecule has 2 heterocycles. The number of methoxy groups -OCH3 is 1. The second kappa shape index (κ2) is 8.03. The van der Waals surface area contributed by atoms with Crippen LogP contribution < -0.4 is 14.7 Å². The van der Waals surface area contributed by atoms with Gasteiger partial charge in [-0.2, -0.15) is 0 Å². The number of nitro benzene ring substituents is 1. The van der Waals surface area contributed by atoms with E-state index in [1.807, 2.05) is 48.5 Å². The highest BCUT2D eigenvalue weighted by Crippen LogP contribution is 2.48. The van der Waals surface area contributed by atoms with E-state index < -0.39 is 34.8 Å². The minimum absolute atomic E-state index is 0.126. The Kier molecular flexibility index (Phi) is 5.02. The molecule has 9 nitrogen and oxygen atoms in total. The molecule has 9 heteroatoms. The van der Waals surface area contributed by atoms with Crippen molar-refractivity contribution in [1.82, 2.24) is 0 Å². The van der Waals surface area contributed by atoms with Crippen LogP contribution in [0, 0.1) is 16.0 Å². The number of nitro groups is 1. The first-order valence-corrected chi connectivity index (χ1v) is 10.3. The van der Waals surface area contributed by atoms with Crippen LogP contribution in [-0.4, -0.2) is 30.0 Å². The van der Waals surface area contributed by atoms with Crippen LogP contribution in [0.5, 0.6) is 5.75 Å². The quantitative estimate of drug-likeness (QED) is 0.336. The van der Waals surface area contributed by atoms with Crippen molar-refractivity contribution in [3.63, 3.8) is 0 Å². The summed E-state index contributed by atoms with van der Waals surface area (Å²) in [6.07, 6.45) is -1.02. The van der Waals surface area contributed by atoms with Crippen LogP contribution in [0.15, 0.2) is 78.9 Å². The molecule has 33 heavy (non-hydrogen) atoms. The van der Waals surface area contributed by atoms with Crippen LogP contribution in [0.4, 0.5) is 17.1 Å². The summed E-state index contributed by atoms with van der Waals surface area (Å²) in [7, 11) is 1.56. The fourth-order valence-electron chi connectivity index (χ4n) is 4.36. The van der Waals surface area contributed by atoms with Gasteiger partial charge in [0, 0.05) is 12.1 Å². The molecular weight excluding hydrogens is 426 g/mol. The van der Waals surface area contributed by atoms with Gasteiger partial charge >= 0.3 is 0 Å². The molecule has 0 saturated carbocycles. The van der Waals surface area contributed by atoms with Crippen molar-refractivity contribution in [3.05, 3.63) is 94.5 Å². The molecule has 0 aliphatic carbocycles. The Morgan fingerprint density at radius 3 is 2.30 bits per heavy atom. The van der Waals surface area contributed by atoms with E-state index in [-0.39, 0.29) is 11.4 Å². The van der Waals surface area contributed by atoms with E-state index in [4.69, 9.17) is 9.57 Å². The fourth-order valence-corrected chi connectivity index (χ4v) is 4.36. The van der Waals surface area contributed by atoms with Crippen molar-refractivity contribution < 1.29 is 24.1 Å². The largest absolute Gasteiger partial charge is 0.497 e. The molecule has 5 rings (SSSR count). The summed E-state index contributed by atoms with van der Waals surface area (Å²) in [4.78, 5) is 44.4. The van der Waals surface area contributed by atoms with Crippen molar-refractivity contribution in [2.45, 2.75) is 12.1 Å². The lowest BCUT2D eigenvalue weighted by Crippen LogP contribution is -2.37. The van der Waals surface area contributed by atoms with Gasteiger partial charge in [-0.05, 0) is 42.0 Å². The van der Waals surface area contributed by atoms with Crippen molar-refractivity contribution >= 4 is 28.9 Å². The van der Waals surface area contributed by atoms with Gasteiger partial charge in [-0.3, -0.25) is 24.5 Å². The molecule has 0 N–H and O–H groups in total. The van der Waals surface area contributed by atoms with E-state index in [9.17, 15) is 19.7 Å². The fraction of sp³-hybridized carbons (Fsp3) is 0.167. The molecule has 3 aromatic carbocycles. The summed E-state index contributed by atoms with van der Waals surface area (Å²) < 4.78 is 5.36. The first-order chi connectivity index (χ1) is 16.0. The summed E-state index contributed by atoms with van der Waals surface area (Å²) in [5, 5.41) is 12.6. The summed E-state index contributed by atoms with van der Waals surface area (Å²) in [6.45, 7) is 0. The zero-order valence-electron chi connectivity index (χ0n) is 17.5. The molecule has 2 amide bonds. The highest BCUT2D eigenvalue weighted by Gasteiger charge is 2.60. The minimum Gasteiger partial charge on any atom is -0.497 e. The summed E-state index contributed by atoms with van der Waals surface area (Å²) in [6, 6.07) is 21.3. The topological polar surface area (TPSA) is 102 Å². The van der Waals surface area contributed by atoms with Crippen molar-refractivity contribution in [2.24, 2.45) is 5.92 Å². The Hall–Kier alpha value is -4.24. The SMILES string of the molecule is COc1cccc([C@@H]2[C@H]3C(=O)N(c4ccc([N+](=O)[O-])cc4)C(=O)[C@@H]3ON2c2ccccc2)c1. The average molecular weight is 445 g/mol. The van der Waals surface area contributed by atoms with E-state index in [2.05, 4.69) is 0 Å². The summed E-state index contributed by atoms with van der Waals surface area (Å²) in [5.41, 5.74) is 1.61. The molecule has 2 aliphatic rings. The van der Waals surface area contributed by atoms with Crippen LogP contribution in [0.3, 0.4) is 0 Å². The number of amides is 2. The number of imide groups is 1. The Labute approximate surface area is 188 Å². The molecule has 3 aromatic rings. The number of ether oxygens (including phenoxy) is 1. The normalized spacial score (nSPS) is 21.9. The maximum Gasteiger partial charge on any atom is 0.269 e. The van der Waals surface area contributed by atoms with Gasteiger partial charge < -0.3 is 4.74 Å². The maximum absolute atomic E-state index is 13.6. The van der Waals surface area contributed by atoms with Crippen LogP contribution in [0.2, 0.25) is 0 Å². The molecule has 2 aliphatic heterocycles. The number of rotatable bonds is 5. The number of hydrogen-bond acceptors (Lipinski definition) is 7. The number of benzene rings is 3. The molecule has 0 aromatic heterocycles. The molecule has 0 radical (unpaired) electrons. The number of carbonyl (C=O) groups excluding carboxylic acids is 2. The number of anilines is 2. The van der Waals surface area contributed by atoms with Gasteiger partial charge in [0.2, 0.25) is 5.91 Å². The van der Waals surface area contributed by atoms with Gasteiger partial charge in [-0.1, -0.05) is 30.3 Å². The van der Waals surface area contributed by atoms with Crippen molar-refractivity contribution in [3.8, 4) is 5.75 Å². The smallest absolute Gasteiger partial charge is 0.269 e. The second-order valence-corrected chi connectivity index (χ2v) is 7.72. The third kappa shape index (κ3) is 3.39. The van der Waals surface area contributed by atoms with E-state index in [0.717, 1.165) is 10.5 Å². The zero-order chi connectivity index (χ0) is 23.1. The average Bonchev–Trinajstić information content (AvgIpc) is 3.35. The number of hydrogen-bond donors (Lipinski definition) is 0. The van der Waals surface area contributed by atoms with Crippen LogP contribution in [-0.2, 0) is 14.4 Å². The highest BCUT2D eigenvalue weighted by atomic mass is 16.7. The third-order valence-electron chi connectivity index (χ3n) is 5.88. The van der Waals surface area contributed by atoms with E-state index in [1.54, 1.807) is 18.2 Å². The van der Waals surface area contributed by atoms with E-state index in [1.165, 1.54) is 24.3 Å². The Morgan fingerprint density at radius 1 is 0.909 bits per heavy atom. The molecule has 0 unspecified atom stereocenters. The second-order valence-electron chi connectivity index (χ2n) is 7.72.